The summed E-state index contributed by atoms with van der Waals surface area (Å²) < 4.78 is 1.71. The predicted molar refractivity (Wildman–Crippen MR) is 89.0 cm³/mol. The van der Waals surface area contributed by atoms with Crippen LogP contribution >= 0.6 is 11.6 Å². The number of hydrazone groups is 1. The summed E-state index contributed by atoms with van der Waals surface area (Å²) in [5.41, 5.74) is 3.95. The van der Waals surface area contributed by atoms with E-state index >= 15 is 0 Å². The lowest BCUT2D eigenvalue weighted by Crippen LogP contribution is -2.18. The van der Waals surface area contributed by atoms with Gasteiger partial charge in [0.15, 0.2) is 11.5 Å². The SMILES string of the molecule is CNc1nccn2cc(C(=O)N/N=C/c3ccccc3Cl)nc12. The first-order valence-corrected chi connectivity index (χ1v) is 7.16. The molecule has 2 N–H and O–H groups in total. The van der Waals surface area contributed by atoms with Crippen LogP contribution in [0.3, 0.4) is 0 Å². The van der Waals surface area contributed by atoms with Crippen LogP contribution in [0.25, 0.3) is 5.65 Å². The molecule has 0 radical (unpaired) electrons. The molecule has 7 nitrogen and oxygen atoms in total. The Kier molecular flexibility index (Phi) is 4.20. The van der Waals surface area contributed by atoms with Crippen molar-refractivity contribution in [3.63, 3.8) is 0 Å². The summed E-state index contributed by atoms with van der Waals surface area (Å²) in [5.74, 6) is 0.171. The van der Waals surface area contributed by atoms with E-state index in [1.54, 1.807) is 42.2 Å². The summed E-state index contributed by atoms with van der Waals surface area (Å²) >= 11 is 6.01. The number of nitrogens with one attached hydrogen (secondary N) is 2. The molecule has 0 atom stereocenters. The molecule has 0 aliphatic carbocycles. The van der Waals surface area contributed by atoms with Crippen LogP contribution in [0.4, 0.5) is 5.82 Å². The molecule has 0 bridgehead atoms. The largest absolute Gasteiger partial charge is 0.370 e. The van der Waals surface area contributed by atoms with Gasteiger partial charge in [-0.2, -0.15) is 5.10 Å². The van der Waals surface area contributed by atoms with Gasteiger partial charge in [-0.25, -0.2) is 15.4 Å². The molecule has 2 heterocycles. The van der Waals surface area contributed by atoms with Crippen molar-refractivity contribution in [2.24, 2.45) is 5.10 Å². The number of anilines is 1. The molecular formula is C15H13ClN6O. The van der Waals surface area contributed by atoms with E-state index in [4.69, 9.17) is 11.6 Å². The molecule has 0 saturated heterocycles. The van der Waals surface area contributed by atoms with Gasteiger partial charge >= 0.3 is 0 Å². The van der Waals surface area contributed by atoms with Gasteiger partial charge in [0.1, 0.15) is 5.69 Å². The average Bonchev–Trinajstić information content (AvgIpc) is 3.00. The topological polar surface area (TPSA) is 83.7 Å². The molecule has 0 unspecified atom stereocenters. The van der Waals surface area contributed by atoms with Gasteiger partial charge in [-0.15, -0.1) is 0 Å². The first kappa shape index (κ1) is 15.0. The standard InChI is InChI=1S/C15H13ClN6O/c1-17-13-14-20-12(9-22(14)7-6-18-13)15(23)21-19-8-10-4-2-3-5-11(10)16/h2-9H,1H3,(H,17,18)(H,21,23)/b19-8+. The lowest BCUT2D eigenvalue weighted by Gasteiger charge is -1.98. The third-order valence-electron chi connectivity index (χ3n) is 3.12. The fraction of sp³-hybridized carbons (Fsp3) is 0.0667. The minimum absolute atomic E-state index is 0.241. The van der Waals surface area contributed by atoms with Crippen LogP contribution in [0.15, 0.2) is 48.0 Å². The zero-order valence-corrected chi connectivity index (χ0v) is 12.9. The van der Waals surface area contributed by atoms with Crippen molar-refractivity contribution in [1.82, 2.24) is 19.8 Å². The summed E-state index contributed by atoms with van der Waals surface area (Å²) in [6, 6.07) is 7.21. The minimum atomic E-state index is -0.418. The highest BCUT2D eigenvalue weighted by molar-refractivity contribution is 6.33. The molecule has 2 aromatic heterocycles. The molecule has 116 valence electrons. The number of benzene rings is 1. The Labute approximate surface area is 137 Å². The highest BCUT2D eigenvalue weighted by Gasteiger charge is 2.12. The highest BCUT2D eigenvalue weighted by Crippen LogP contribution is 2.13. The van der Waals surface area contributed by atoms with E-state index in [2.05, 4.69) is 25.8 Å². The molecule has 0 spiro atoms. The number of amides is 1. The Morgan fingerprint density at radius 2 is 2.22 bits per heavy atom. The van der Waals surface area contributed by atoms with Gasteiger partial charge in [0.05, 0.1) is 6.21 Å². The number of imidazole rings is 1. The molecule has 3 aromatic rings. The number of carbonyl (C=O) groups is 1. The first-order valence-electron chi connectivity index (χ1n) is 6.78. The normalized spacial score (nSPS) is 11.0. The van der Waals surface area contributed by atoms with E-state index < -0.39 is 5.91 Å². The fourth-order valence-corrected chi connectivity index (χ4v) is 2.19. The van der Waals surface area contributed by atoms with Gasteiger partial charge in [0.25, 0.3) is 5.91 Å². The second-order valence-electron chi connectivity index (χ2n) is 4.60. The van der Waals surface area contributed by atoms with Crippen LogP contribution in [0.5, 0.6) is 0 Å². The van der Waals surface area contributed by atoms with Crippen LogP contribution in [0.1, 0.15) is 16.1 Å². The Morgan fingerprint density at radius 1 is 1.39 bits per heavy atom. The van der Waals surface area contributed by atoms with Crippen molar-refractivity contribution >= 4 is 35.2 Å². The Hall–Kier alpha value is -2.93. The maximum absolute atomic E-state index is 12.1. The Bertz CT molecular complexity index is 889. The van der Waals surface area contributed by atoms with Crippen molar-refractivity contribution in [3.8, 4) is 0 Å². The number of hydrogen-bond acceptors (Lipinski definition) is 5. The average molecular weight is 329 g/mol. The fourth-order valence-electron chi connectivity index (χ4n) is 2.00. The van der Waals surface area contributed by atoms with Gasteiger partial charge in [-0.1, -0.05) is 29.8 Å². The number of nitrogens with zero attached hydrogens (tertiary/aromatic N) is 4. The van der Waals surface area contributed by atoms with Crippen molar-refractivity contribution in [2.45, 2.75) is 0 Å². The molecule has 0 saturated carbocycles. The van der Waals surface area contributed by atoms with Gasteiger partial charge in [0.2, 0.25) is 0 Å². The van der Waals surface area contributed by atoms with Gasteiger partial charge in [0, 0.05) is 36.2 Å². The number of rotatable bonds is 4. The van der Waals surface area contributed by atoms with Crippen molar-refractivity contribution in [1.29, 1.82) is 0 Å². The number of hydrogen-bond donors (Lipinski definition) is 2. The van der Waals surface area contributed by atoms with Crippen molar-refractivity contribution in [2.75, 3.05) is 12.4 Å². The van der Waals surface area contributed by atoms with Crippen LogP contribution in [-0.2, 0) is 0 Å². The zero-order chi connectivity index (χ0) is 16.2. The summed E-state index contributed by atoms with van der Waals surface area (Å²) in [7, 11) is 1.74. The van der Waals surface area contributed by atoms with E-state index in [1.165, 1.54) is 6.21 Å². The molecule has 0 fully saturated rings. The quantitative estimate of drug-likeness (QED) is 0.568. The number of carbonyl (C=O) groups excluding carboxylic acids is 1. The summed E-state index contributed by atoms with van der Waals surface area (Å²) in [5, 5.41) is 7.38. The summed E-state index contributed by atoms with van der Waals surface area (Å²) in [4.78, 5) is 20.5. The molecular weight excluding hydrogens is 316 g/mol. The molecule has 3 rings (SSSR count). The number of halogens is 1. The molecule has 0 aliphatic heterocycles. The van der Waals surface area contributed by atoms with Gasteiger partial charge in [-0.3, -0.25) is 4.79 Å². The van der Waals surface area contributed by atoms with Gasteiger partial charge < -0.3 is 9.72 Å². The molecule has 23 heavy (non-hydrogen) atoms. The van der Waals surface area contributed by atoms with Crippen LogP contribution in [0.2, 0.25) is 5.02 Å². The third-order valence-corrected chi connectivity index (χ3v) is 3.46. The van der Waals surface area contributed by atoms with E-state index in [9.17, 15) is 4.79 Å². The zero-order valence-electron chi connectivity index (χ0n) is 12.2. The lowest BCUT2D eigenvalue weighted by molar-refractivity contribution is 0.0951. The van der Waals surface area contributed by atoms with E-state index in [0.717, 1.165) is 0 Å². The van der Waals surface area contributed by atoms with Crippen LogP contribution in [-0.4, -0.2) is 33.5 Å². The Balaban J connectivity index is 1.77. The predicted octanol–water partition coefficient (Wildman–Crippen LogP) is 2.19. The molecule has 0 aliphatic rings. The smallest absolute Gasteiger partial charge is 0.291 e. The second kappa shape index (κ2) is 6.45. The van der Waals surface area contributed by atoms with Crippen molar-refractivity contribution < 1.29 is 4.79 Å². The maximum atomic E-state index is 12.1. The van der Waals surface area contributed by atoms with Crippen molar-refractivity contribution in [3.05, 3.63) is 59.1 Å². The van der Waals surface area contributed by atoms with Crippen LogP contribution < -0.4 is 10.7 Å². The van der Waals surface area contributed by atoms with Crippen LogP contribution in [0, 0.1) is 0 Å². The number of fused-ring (bicyclic) bond motifs is 1. The lowest BCUT2D eigenvalue weighted by atomic mass is 10.2. The monoisotopic (exact) mass is 328 g/mol. The molecule has 1 amide bonds. The van der Waals surface area contributed by atoms with E-state index in [-0.39, 0.29) is 5.69 Å². The maximum Gasteiger partial charge on any atom is 0.291 e. The van der Waals surface area contributed by atoms with Gasteiger partial charge in [-0.05, 0) is 6.07 Å². The van der Waals surface area contributed by atoms with E-state index in [1.807, 2.05) is 12.1 Å². The first-order chi connectivity index (χ1) is 11.2. The Morgan fingerprint density at radius 3 is 3.00 bits per heavy atom. The second-order valence-corrected chi connectivity index (χ2v) is 5.01. The highest BCUT2D eigenvalue weighted by atomic mass is 35.5. The summed E-state index contributed by atoms with van der Waals surface area (Å²) in [6.45, 7) is 0. The summed E-state index contributed by atoms with van der Waals surface area (Å²) in [6.07, 6.45) is 6.43. The molecule has 1 aromatic carbocycles. The third kappa shape index (κ3) is 3.14. The van der Waals surface area contributed by atoms with E-state index in [0.29, 0.717) is 22.1 Å². The molecule has 8 heteroatoms. The number of aromatic nitrogens is 3. The minimum Gasteiger partial charge on any atom is -0.370 e.